The molecule has 1 N–H and O–H groups in total. The van der Waals surface area contributed by atoms with Crippen LogP contribution in [0, 0.1) is 0 Å². The van der Waals surface area contributed by atoms with Crippen LogP contribution >= 0.6 is 47.8 Å². The zero-order valence-corrected chi connectivity index (χ0v) is 15.8. The number of benzene rings is 1. The molecule has 5 nitrogen and oxygen atoms in total. The Morgan fingerprint density at radius 3 is 2.18 bits per heavy atom. The van der Waals surface area contributed by atoms with Crippen LogP contribution in [-0.2, 0) is 14.9 Å². The summed E-state index contributed by atoms with van der Waals surface area (Å²) in [6.07, 6.45) is -8.15. The first kappa shape index (κ1) is 19.9. The smallest absolute Gasteiger partial charge is 0.426 e. The molecule has 0 aromatic heterocycles. The van der Waals surface area contributed by atoms with Crippen LogP contribution in [0.5, 0.6) is 0 Å². The lowest BCUT2D eigenvalue weighted by molar-refractivity contribution is -0.197. The van der Waals surface area contributed by atoms with E-state index in [9.17, 15) is 26.4 Å². The Kier molecular flexibility index (Phi) is 6.47. The van der Waals surface area contributed by atoms with E-state index in [0.717, 1.165) is 0 Å². The minimum atomic E-state index is -5.16. The normalized spacial score (nSPS) is 13.8. The van der Waals surface area contributed by atoms with E-state index < -0.39 is 34.1 Å². The van der Waals surface area contributed by atoms with Crippen molar-refractivity contribution in [1.82, 2.24) is 0 Å². The third-order valence-electron chi connectivity index (χ3n) is 2.22. The largest absolute Gasteiger partial charge is 0.448 e. The van der Waals surface area contributed by atoms with E-state index in [1.165, 1.54) is 12.1 Å². The third kappa shape index (κ3) is 5.48. The van der Waals surface area contributed by atoms with Gasteiger partial charge in [-0.1, -0.05) is 0 Å². The highest BCUT2D eigenvalue weighted by Gasteiger charge is 2.46. The maximum Gasteiger partial charge on any atom is 0.426 e. The summed E-state index contributed by atoms with van der Waals surface area (Å²) in [5, 5.41) is 0. The molecule has 0 fully saturated rings. The molecule has 0 amide bonds. The van der Waals surface area contributed by atoms with Gasteiger partial charge < -0.3 is 4.74 Å². The number of carbonyl (C=O) groups excluding carboxylic acids is 1. The number of rotatable bonds is 4. The van der Waals surface area contributed by atoms with E-state index >= 15 is 0 Å². The molecular formula is C10H6Br3F3O5S. The second-order valence-corrected chi connectivity index (χ2v) is 7.90. The first-order valence-electron chi connectivity index (χ1n) is 5.19. The molecule has 1 aromatic carbocycles. The van der Waals surface area contributed by atoms with E-state index in [4.69, 9.17) is 4.55 Å². The molecule has 1 aromatic rings. The van der Waals surface area contributed by atoms with Crippen LogP contribution in [0.3, 0.4) is 0 Å². The molecule has 1 rings (SSSR count). The first-order valence-corrected chi connectivity index (χ1v) is 9.18. The maximum absolute atomic E-state index is 12.7. The van der Waals surface area contributed by atoms with Gasteiger partial charge in [-0.05, 0) is 59.9 Å². The van der Waals surface area contributed by atoms with E-state index in [1.54, 1.807) is 0 Å². The fourth-order valence-electron chi connectivity index (χ4n) is 1.29. The SMILES string of the molecule is O=C(OC(CS(=O)(=O)O)C(F)(F)F)c1c(Br)ccc(Br)c1Br. The zero-order chi connectivity index (χ0) is 17.3. The van der Waals surface area contributed by atoms with E-state index in [-0.39, 0.29) is 14.5 Å². The van der Waals surface area contributed by atoms with Crippen molar-refractivity contribution in [1.29, 1.82) is 0 Å². The topological polar surface area (TPSA) is 80.7 Å². The molecule has 0 radical (unpaired) electrons. The summed E-state index contributed by atoms with van der Waals surface area (Å²) in [7, 11) is -4.99. The minimum absolute atomic E-state index is 0.125. The van der Waals surface area contributed by atoms with Crippen LogP contribution in [0.25, 0.3) is 0 Å². The van der Waals surface area contributed by atoms with Crippen LogP contribution in [0.4, 0.5) is 13.2 Å². The number of alkyl halides is 3. The van der Waals surface area contributed by atoms with Gasteiger partial charge in [0.25, 0.3) is 10.1 Å². The second kappa shape index (κ2) is 7.16. The molecule has 0 spiro atoms. The van der Waals surface area contributed by atoms with Gasteiger partial charge >= 0.3 is 12.1 Å². The van der Waals surface area contributed by atoms with Gasteiger partial charge in [0.15, 0.2) is 0 Å². The summed E-state index contributed by atoms with van der Waals surface area (Å²) in [5.74, 6) is -3.20. The molecule has 0 saturated heterocycles. The van der Waals surface area contributed by atoms with Crippen molar-refractivity contribution in [2.75, 3.05) is 5.75 Å². The number of carbonyl (C=O) groups is 1. The van der Waals surface area contributed by atoms with Gasteiger partial charge in [0, 0.05) is 13.4 Å². The van der Waals surface area contributed by atoms with Crippen LogP contribution in [0.15, 0.2) is 25.6 Å². The van der Waals surface area contributed by atoms with Gasteiger partial charge in [-0.15, -0.1) is 0 Å². The van der Waals surface area contributed by atoms with Crippen molar-refractivity contribution in [3.8, 4) is 0 Å². The second-order valence-electron chi connectivity index (χ2n) is 3.90. The van der Waals surface area contributed by atoms with Gasteiger partial charge in [0.2, 0.25) is 6.10 Å². The average Bonchev–Trinajstić information content (AvgIpc) is 2.31. The zero-order valence-electron chi connectivity index (χ0n) is 10.2. The van der Waals surface area contributed by atoms with Crippen molar-refractivity contribution in [2.45, 2.75) is 12.3 Å². The highest BCUT2D eigenvalue weighted by molar-refractivity contribution is 9.13. The van der Waals surface area contributed by atoms with Crippen molar-refractivity contribution >= 4 is 63.9 Å². The lowest BCUT2D eigenvalue weighted by Gasteiger charge is -2.20. The van der Waals surface area contributed by atoms with Gasteiger partial charge in [-0.2, -0.15) is 21.6 Å². The minimum Gasteiger partial charge on any atom is -0.448 e. The lowest BCUT2D eigenvalue weighted by atomic mass is 10.2. The number of esters is 1. The van der Waals surface area contributed by atoms with Crippen molar-refractivity contribution in [3.63, 3.8) is 0 Å². The van der Waals surface area contributed by atoms with E-state index in [0.29, 0.717) is 4.47 Å². The Morgan fingerprint density at radius 2 is 1.73 bits per heavy atom. The molecule has 12 heteroatoms. The molecule has 0 aliphatic heterocycles. The van der Waals surface area contributed by atoms with Gasteiger partial charge in [-0.25, -0.2) is 4.79 Å². The monoisotopic (exact) mass is 532 g/mol. The fourth-order valence-corrected chi connectivity index (χ4v) is 3.52. The number of ether oxygens (including phenoxy) is 1. The van der Waals surface area contributed by atoms with E-state index in [2.05, 4.69) is 52.5 Å². The summed E-state index contributed by atoms with van der Waals surface area (Å²) < 4.78 is 72.8. The average molecular weight is 535 g/mol. The predicted molar refractivity (Wildman–Crippen MR) is 81.2 cm³/mol. The van der Waals surface area contributed by atoms with Crippen molar-refractivity contribution in [2.24, 2.45) is 0 Å². The van der Waals surface area contributed by atoms with Crippen LogP contribution in [0.2, 0.25) is 0 Å². The van der Waals surface area contributed by atoms with Crippen LogP contribution < -0.4 is 0 Å². The standard InChI is InChI=1S/C10H6Br3F3O5S/c11-4-1-2-5(12)8(13)7(4)9(17)21-6(10(14,15)16)3-22(18,19)20/h1-2,6H,3H2,(H,18,19,20). The Hall–Kier alpha value is -0.170. The van der Waals surface area contributed by atoms with Crippen LogP contribution in [-0.4, -0.2) is 37.0 Å². The quantitative estimate of drug-likeness (QED) is 0.359. The molecule has 0 saturated carbocycles. The number of hydrogen-bond donors (Lipinski definition) is 1. The molecule has 22 heavy (non-hydrogen) atoms. The van der Waals surface area contributed by atoms with Gasteiger partial charge in [-0.3, -0.25) is 4.55 Å². The van der Waals surface area contributed by atoms with Crippen molar-refractivity contribution < 1.29 is 35.7 Å². The first-order chi connectivity index (χ1) is 9.83. The maximum atomic E-state index is 12.7. The summed E-state index contributed by atoms with van der Waals surface area (Å²) in [6, 6.07) is 2.90. The predicted octanol–water partition coefficient (Wildman–Crippen LogP) is 3.95. The highest BCUT2D eigenvalue weighted by atomic mass is 79.9. The molecule has 1 atom stereocenters. The summed E-state index contributed by atoms with van der Waals surface area (Å²) in [4.78, 5) is 11.9. The lowest BCUT2D eigenvalue weighted by Crippen LogP contribution is -2.39. The summed E-state index contributed by atoms with van der Waals surface area (Å²) in [5.41, 5.74) is -0.265. The van der Waals surface area contributed by atoms with Gasteiger partial charge in [0.05, 0.1) is 5.56 Å². The molecule has 0 aliphatic rings. The number of hydrogen-bond acceptors (Lipinski definition) is 4. The van der Waals surface area contributed by atoms with Gasteiger partial charge in [0.1, 0.15) is 5.75 Å². The van der Waals surface area contributed by atoms with E-state index in [1.807, 2.05) is 0 Å². The van der Waals surface area contributed by atoms with Crippen LogP contribution in [0.1, 0.15) is 10.4 Å². The Labute approximate surface area is 148 Å². The molecule has 0 heterocycles. The molecule has 0 bridgehead atoms. The molecule has 124 valence electrons. The number of halogens is 6. The Morgan fingerprint density at radius 1 is 1.23 bits per heavy atom. The Bertz CT molecular complexity index is 690. The highest BCUT2D eigenvalue weighted by Crippen LogP contribution is 2.34. The molecule has 1 unspecified atom stereocenters. The summed E-state index contributed by atoms with van der Waals surface area (Å²) in [6.45, 7) is 0. The third-order valence-corrected chi connectivity index (χ3v) is 5.63. The summed E-state index contributed by atoms with van der Waals surface area (Å²) >= 11 is 9.06. The molecule has 0 aliphatic carbocycles. The molecular weight excluding hydrogens is 529 g/mol. The fraction of sp³-hybridized carbons (Fsp3) is 0.300. The Balaban J connectivity index is 3.15. The van der Waals surface area contributed by atoms with Crippen molar-refractivity contribution in [3.05, 3.63) is 31.1 Å².